The molecule has 2 nitrogen and oxygen atoms in total. The number of hydrogen-bond acceptors (Lipinski definition) is 2. The molecule has 0 unspecified atom stereocenters. The van der Waals surface area contributed by atoms with E-state index in [4.69, 9.17) is 5.73 Å². The summed E-state index contributed by atoms with van der Waals surface area (Å²) in [7, 11) is 0. The zero-order chi connectivity index (χ0) is 12.1. The van der Waals surface area contributed by atoms with Crippen molar-refractivity contribution in [2.45, 2.75) is 26.4 Å². The van der Waals surface area contributed by atoms with Crippen LogP contribution in [0.25, 0.3) is 10.9 Å². The molecule has 0 saturated heterocycles. The Balaban J connectivity index is 2.18. The van der Waals surface area contributed by atoms with Crippen molar-refractivity contribution in [2.24, 2.45) is 5.73 Å². The number of nitrogens with two attached hydrogens (primary N) is 1. The number of thioether (sulfide) groups is 1. The Hall–Kier alpha value is -0.930. The van der Waals surface area contributed by atoms with E-state index in [0.717, 1.165) is 6.54 Å². The first-order valence-electron chi connectivity index (χ1n) is 6.21. The highest BCUT2D eigenvalue weighted by molar-refractivity contribution is 7.99. The first kappa shape index (κ1) is 12.5. The molecule has 0 fully saturated rings. The minimum atomic E-state index is 0.621. The summed E-state index contributed by atoms with van der Waals surface area (Å²) in [5, 5.41) is 1.30. The average molecular weight is 248 g/mol. The molecule has 2 rings (SSSR count). The molecule has 0 spiro atoms. The third kappa shape index (κ3) is 2.85. The molecule has 0 bridgehead atoms. The molecule has 0 atom stereocenters. The van der Waals surface area contributed by atoms with Crippen molar-refractivity contribution >= 4 is 22.7 Å². The van der Waals surface area contributed by atoms with Crippen LogP contribution in [0.3, 0.4) is 0 Å². The second-order valence-electron chi connectivity index (χ2n) is 4.10. The largest absolute Gasteiger partial charge is 0.343 e. The van der Waals surface area contributed by atoms with Crippen LogP contribution < -0.4 is 5.73 Å². The fraction of sp³-hybridized carbons (Fsp3) is 0.429. The van der Waals surface area contributed by atoms with Crippen LogP contribution in [0.15, 0.2) is 30.3 Å². The summed E-state index contributed by atoms with van der Waals surface area (Å²) >= 11 is 2.00. The van der Waals surface area contributed by atoms with Crippen molar-refractivity contribution in [1.82, 2.24) is 4.57 Å². The summed E-state index contributed by atoms with van der Waals surface area (Å²) in [6.07, 6.45) is 1.21. The van der Waals surface area contributed by atoms with Crippen LogP contribution in [-0.4, -0.2) is 16.1 Å². The Kier molecular flexibility index (Phi) is 4.51. The van der Waals surface area contributed by atoms with Gasteiger partial charge in [-0.3, -0.25) is 0 Å². The molecule has 0 radical (unpaired) electrons. The zero-order valence-corrected chi connectivity index (χ0v) is 11.2. The topological polar surface area (TPSA) is 30.9 Å². The van der Waals surface area contributed by atoms with Crippen molar-refractivity contribution in [3.63, 3.8) is 0 Å². The SMILES string of the molecule is CCSCCCn1c(CN)cc2ccccc21. The summed E-state index contributed by atoms with van der Waals surface area (Å²) in [4.78, 5) is 0. The molecule has 0 aliphatic rings. The van der Waals surface area contributed by atoms with Gasteiger partial charge in [-0.2, -0.15) is 11.8 Å². The van der Waals surface area contributed by atoms with E-state index in [1.165, 1.54) is 34.5 Å². The summed E-state index contributed by atoms with van der Waals surface area (Å²) in [5.41, 5.74) is 8.38. The Morgan fingerprint density at radius 1 is 1.29 bits per heavy atom. The molecule has 3 heteroatoms. The van der Waals surface area contributed by atoms with Crippen LogP contribution >= 0.6 is 11.8 Å². The number of aryl methyl sites for hydroxylation is 1. The van der Waals surface area contributed by atoms with Crippen LogP contribution in [0.2, 0.25) is 0 Å². The fourth-order valence-electron chi connectivity index (χ4n) is 2.17. The quantitative estimate of drug-likeness (QED) is 0.796. The average Bonchev–Trinajstić information content (AvgIpc) is 2.73. The molecule has 1 aromatic heterocycles. The number of rotatable bonds is 6. The van der Waals surface area contributed by atoms with Gasteiger partial charge in [-0.1, -0.05) is 25.1 Å². The van der Waals surface area contributed by atoms with E-state index in [9.17, 15) is 0 Å². The van der Waals surface area contributed by atoms with E-state index in [0.29, 0.717) is 6.54 Å². The summed E-state index contributed by atoms with van der Waals surface area (Å²) < 4.78 is 2.37. The molecular formula is C14H20N2S. The third-order valence-corrected chi connectivity index (χ3v) is 3.97. The van der Waals surface area contributed by atoms with Crippen LogP contribution in [0.4, 0.5) is 0 Å². The Bertz CT molecular complexity index is 476. The van der Waals surface area contributed by atoms with E-state index >= 15 is 0 Å². The molecule has 2 N–H and O–H groups in total. The number of nitrogens with zero attached hydrogens (tertiary/aromatic N) is 1. The standard InChI is InChI=1S/C14H20N2S/c1-2-17-9-5-8-16-13(11-15)10-12-6-3-4-7-14(12)16/h3-4,6-7,10H,2,5,8-9,11,15H2,1H3. The van der Waals surface area contributed by atoms with Crippen molar-refractivity contribution < 1.29 is 0 Å². The molecule has 1 heterocycles. The normalized spacial score (nSPS) is 11.2. The molecule has 92 valence electrons. The number of aromatic nitrogens is 1. The van der Waals surface area contributed by atoms with Crippen molar-refractivity contribution in [3.8, 4) is 0 Å². The predicted molar refractivity (Wildman–Crippen MR) is 77.4 cm³/mol. The Morgan fingerprint density at radius 3 is 2.88 bits per heavy atom. The highest BCUT2D eigenvalue weighted by atomic mass is 32.2. The minimum Gasteiger partial charge on any atom is -0.343 e. The van der Waals surface area contributed by atoms with Gasteiger partial charge in [0.1, 0.15) is 0 Å². The van der Waals surface area contributed by atoms with Gasteiger partial charge in [0, 0.05) is 24.3 Å². The maximum absolute atomic E-state index is 5.82. The lowest BCUT2D eigenvalue weighted by atomic mass is 10.2. The molecule has 1 aromatic carbocycles. The van der Waals surface area contributed by atoms with Crippen LogP contribution in [0.5, 0.6) is 0 Å². The van der Waals surface area contributed by atoms with E-state index in [1.54, 1.807) is 0 Å². The van der Waals surface area contributed by atoms with E-state index in [-0.39, 0.29) is 0 Å². The summed E-state index contributed by atoms with van der Waals surface area (Å²) in [6.45, 7) is 3.91. The van der Waals surface area contributed by atoms with Gasteiger partial charge in [-0.15, -0.1) is 0 Å². The zero-order valence-electron chi connectivity index (χ0n) is 10.4. The smallest absolute Gasteiger partial charge is 0.0482 e. The maximum Gasteiger partial charge on any atom is 0.0482 e. The van der Waals surface area contributed by atoms with Crippen LogP contribution in [-0.2, 0) is 13.1 Å². The van der Waals surface area contributed by atoms with E-state index in [2.05, 4.69) is 41.8 Å². The molecule has 0 saturated carbocycles. The highest BCUT2D eigenvalue weighted by Crippen LogP contribution is 2.20. The lowest BCUT2D eigenvalue weighted by molar-refractivity contribution is 0.673. The van der Waals surface area contributed by atoms with Gasteiger partial charge in [0.05, 0.1) is 0 Å². The maximum atomic E-state index is 5.82. The monoisotopic (exact) mass is 248 g/mol. The molecule has 17 heavy (non-hydrogen) atoms. The first-order chi connectivity index (χ1) is 8.36. The fourth-order valence-corrected chi connectivity index (χ4v) is 2.79. The number of benzene rings is 1. The van der Waals surface area contributed by atoms with E-state index in [1.807, 2.05) is 11.8 Å². The van der Waals surface area contributed by atoms with Gasteiger partial charge in [0.2, 0.25) is 0 Å². The van der Waals surface area contributed by atoms with Gasteiger partial charge in [0.25, 0.3) is 0 Å². The second kappa shape index (κ2) is 6.12. The highest BCUT2D eigenvalue weighted by Gasteiger charge is 2.06. The third-order valence-electron chi connectivity index (χ3n) is 2.98. The van der Waals surface area contributed by atoms with E-state index < -0.39 is 0 Å². The number of hydrogen-bond donors (Lipinski definition) is 1. The van der Waals surface area contributed by atoms with Crippen LogP contribution in [0, 0.1) is 0 Å². The van der Waals surface area contributed by atoms with Gasteiger partial charge < -0.3 is 10.3 Å². The summed E-state index contributed by atoms with van der Waals surface area (Å²) in [5.74, 6) is 2.43. The van der Waals surface area contributed by atoms with Gasteiger partial charge in [-0.25, -0.2) is 0 Å². The molecule has 2 aromatic rings. The van der Waals surface area contributed by atoms with Gasteiger partial charge in [-0.05, 0) is 35.4 Å². The second-order valence-corrected chi connectivity index (χ2v) is 5.49. The van der Waals surface area contributed by atoms with Crippen molar-refractivity contribution in [2.75, 3.05) is 11.5 Å². The lowest BCUT2D eigenvalue weighted by Crippen LogP contribution is -2.07. The minimum absolute atomic E-state index is 0.621. The number of para-hydroxylation sites is 1. The summed E-state index contributed by atoms with van der Waals surface area (Å²) in [6, 6.07) is 10.7. The van der Waals surface area contributed by atoms with Gasteiger partial charge in [0.15, 0.2) is 0 Å². The van der Waals surface area contributed by atoms with Gasteiger partial charge >= 0.3 is 0 Å². The molecule has 0 aliphatic heterocycles. The van der Waals surface area contributed by atoms with Crippen molar-refractivity contribution in [1.29, 1.82) is 0 Å². The Labute approximate surface area is 107 Å². The molecule has 0 amide bonds. The van der Waals surface area contributed by atoms with Crippen LogP contribution in [0.1, 0.15) is 19.0 Å². The molecule has 0 aliphatic carbocycles. The number of fused-ring (bicyclic) bond motifs is 1. The first-order valence-corrected chi connectivity index (χ1v) is 7.37. The molecular weight excluding hydrogens is 228 g/mol. The van der Waals surface area contributed by atoms with Crippen molar-refractivity contribution in [3.05, 3.63) is 36.0 Å². The predicted octanol–water partition coefficient (Wildman–Crippen LogP) is 3.24. The Morgan fingerprint density at radius 2 is 2.12 bits per heavy atom. The lowest BCUT2D eigenvalue weighted by Gasteiger charge is -2.09.